The van der Waals surface area contributed by atoms with Gasteiger partial charge in [0.25, 0.3) is 0 Å². The molecule has 0 saturated carbocycles. The van der Waals surface area contributed by atoms with Crippen LogP contribution in [0.15, 0.2) is 0 Å². The third kappa shape index (κ3) is 9.45. The van der Waals surface area contributed by atoms with Gasteiger partial charge in [0.15, 0.2) is 0 Å². The van der Waals surface area contributed by atoms with E-state index < -0.39 is 0 Å². The van der Waals surface area contributed by atoms with Crippen LogP contribution < -0.4 is 0 Å². The van der Waals surface area contributed by atoms with Crippen LogP contribution in [0.2, 0.25) is 0 Å². The summed E-state index contributed by atoms with van der Waals surface area (Å²) in [6, 6.07) is 0. The summed E-state index contributed by atoms with van der Waals surface area (Å²) >= 11 is 0.757. The predicted octanol–water partition coefficient (Wildman–Crippen LogP) is 1.37. The summed E-state index contributed by atoms with van der Waals surface area (Å²) in [6.45, 7) is 0. The van der Waals surface area contributed by atoms with Crippen LogP contribution >= 0.6 is 20.2 Å². The maximum atomic E-state index is 4.67. The summed E-state index contributed by atoms with van der Waals surface area (Å²) in [7, 11) is 9.34. The van der Waals surface area contributed by atoms with Gasteiger partial charge in [-0.15, -0.1) is 0 Å². The molecule has 0 aliphatic heterocycles. The Morgan fingerprint density at radius 3 is 1.25 bits per heavy atom. The SMILES string of the molecule is [Cl][Cu][Cl].[Cr]. The Morgan fingerprint density at radius 1 is 1.25 bits per heavy atom. The van der Waals surface area contributed by atoms with Crippen LogP contribution in [0.5, 0.6) is 0 Å². The zero-order chi connectivity index (χ0) is 2.71. The van der Waals surface area contributed by atoms with Crippen molar-refractivity contribution in [2.45, 2.75) is 0 Å². The number of halogens is 2. The van der Waals surface area contributed by atoms with Crippen LogP contribution in [0, 0.1) is 0 Å². The molecular weight excluding hydrogens is 186 g/mol. The molecule has 0 amide bonds. The first-order valence-electron chi connectivity index (χ1n) is 0.228. The molecule has 0 aromatic carbocycles. The second-order valence-electron chi connectivity index (χ2n) is 0.0431. The Bertz CT molecular complexity index is 6.00. The van der Waals surface area contributed by atoms with E-state index in [2.05, 4.69) is 20.2 Å². The molecule has 0 aromatic heterocycles. The zero-order valence-electron chi connectivity index (χ0n) is 1.47. The maximum Gasteiger partial charge on any atom is 0 e. The zero-order valence-corrected chi connectivity index (χ0v) is 5.19. The van der Waals surface area contributed by atoms with Gasteiger partial charge in [-0.25, -0.2) is 0 Å². The van der Waals surface area contributed by atoms with Gasteiger partial charge in [-0.2, -0.15) is 0 Å². The quantitative estimate of drug-likeness (QED) is 0.501. The van der Waals surface area contributed by atoms with E-state index >= 15 is 0 Å². The van der Waals surface area contributed by atoms with E-state index in [1.165, 1.54) is 0 Å². The van der Waals surface area contributed by atoms with Gasteiger partial charge in [-0.1, -0.05) is 0 Å². The van der Waals surface area contributed by atoms with Crippen molar-refractivity contribution in [1.29, 1.82) is 0 Å². The van der Waals surface area contributed by atoms with Crippen LogP contribution in [0.25, 0.3) is 0 Å². The predicted molar refractivity (Wildman–Crippen MR) is 11.7 cm³/mol. The maximum absolute atomic E-state index is 4.67. The van der Waals surface area contributed by atoms with E-state index in [1.54, 1.807) is 0 Å². The molecule has 4 heavy (non-hydrogen) atoms. The van der Waals surface area contributed by atoms with Crippen molar-refractivity contribution in [2.24, 2.45) is 0 Å². The minimum Gasteiger partial charge on any atom is 0 e. The standard InChI is InChI=1S/2ClH.Cr.Cu/h2*1H;;/q;;;+2/p-2. The van der Waals surface area contributed by atoms with Gasteiger partial charge in [0, 0.05) is 17.4 Å². The second kappa shape index (κ2) is 8.82. The number of rotatable bonds is 0. The van der Waals surface area contributed by atoms with Crippen molar-refractivity contribution in [1.82, 2.24) is 0 Å². The molecule has 0 nitrogen and oxygen atoms in total. The molecule has 4 heteroatoms. The molecule has 0 atom stereocenters. The van der Waals surface area contributed by atoms with Gasteiger partial charge in [0.1, 0.15) is 0 Å². The molecule has 31 valence electrons. The number of hydrogen-bond acceptors (Lipinski definition) is 0. The van der Waals surface area contributed by atoms with Crippen LogP contribution in [-0.2, 0) is 30.5 Å². The molecule has 0 unspecified atom stereocenters. The Labute approximate surface area is 50.6 Å². The van der Waals surface area contributed by atoms with E-state index in [4.69, 9.17) is 0 Å². The Kier molecular flexibility index (Phi) is 20.2. The molecule has 0 saturated heterocycles. The van der Waals surface area contributed by atoms with Crippen LogP contribution in [-0.4, -0.2) is 0 Å². The summed E-state index contributed by atoms with van der Waals surface area (Å²) < 4.78 is 0. The van der Waals surface area contributed by atoms with E-state index in [0.29, 0.717) is 0 Å². The summed E-state index contributed by atoms with van der Waals surface area (Å²) in [5, 5.41) is 0. The second-order valence-corrected chi connectivity index (χ2v) is 1.60. The summed E-state index contributed by atoms with van der Waals surface area (Å²) in [4.78, 5) is 0. The van der Waals surface area contributed by atoms with Gasteiger partial charge in [-0.05, 0) is 0 Å². The monoisotopic (exact) mass is 185 g/mol. The normalized spacial score (nSPS) is 5.50. The Balaban J connectivity index is 0. The minimum absolute atomic E-state index is 0. The molecular formula is Cl2CrCu. The molecule has 0 bridgehead atoms. The van der Waals surface area contributed by atoms with Crippen molar-refractivity contribution in [3.63, 3.8) is 0 Å². The van der Waals surface area contributed by atoms with Crippen molar-refractivity contribution >= 4 is 20.2 Å². The average molecular weight is 186 g/mol. The largest absolute Gasteiger partial charge is 0 e. The minimum atomic E-state index is 0. The molecule has 0 spiro atoms. The smallest absolute Gasteiger partial charge is 0 e. The fourth-order valence-electron chi connectivity index (χ4n) is 0. The first kappa shape index (κ1) is 9.16. The van der Waals surface area contributed by atoms with Gasteiger partial charge in [-0.3, -0.25) is 0 Å². The van der Waals surface area contributed by atoms with Crippen molar-refractivity contribution < 1.29 is 30.5 Å². The number of hydrogen-bond donors (Lipinski definition) is 0. The first-order chi connectivity index (χ1) is 1.41. The summed E-state index contributed by atoms with van der Waals surface area (Å²) in [5.41, 5.74) is 0. The summed E-state index contributed by atoms with van der Waals surface area (Å²) in [6.07, 6.45) is 0. The van der Waals surface area contributed by atoms with Crippen LogP contribution in [0.3, 0.4) is 0 Å². The van der Waals surface area contributed by atoms with E-state index in [1.807, 2.05) is 0 Å². The van der Waals surface area contributed by atoms with Gasteiger partial charge in [0.2, 0.25) is 0 Å². The summed E-state index contributed by atoms with van der Waals surface area (Å²) in [5.74, 6) is 0. The van der Waals surface area contributed by atoms with Gasteiger partial charge >= 0.3 is 33.3 Å². The third-order valence-electron chi connectivity index (χ3n) is 0. The van der Waals surface area contributed by atoms with Gasteiger partial charge in [0.05, 0.1) is 0 Å². The van der Waals surface area contributed by atoms with Crippen LogP contribution in [0.4, 0.5) is 0 Å². The van der Waals surface area contributed by atoms with E-state index in [9.17, 15) is 0 Å². The Morgan fingerprint density at radius 2 is 1.25 bits per heavy atom. The van der Waals surface area contributed by atoms with Crippen molar-refractivity contribution in [3.8, 4) is 0 Å². The van der Waals surface area contributed by atoms with Gasteiger partial charge < -0.3 is 0 Å². The topological polar surface area (TPSA) is 0 Å². The van der Waals surface area contributed by atoms with Crippen LogP contribution in [0.1, 0.15) is 0 Å². The van der Waals surface area contributed by atoms with E-state index in [0.717, 1.165) is 13.1 Å². The molecule has 0 aliphatic rings. The first-order valence-corrected chi connectivity index (χ1v) is 2.82. The molecule has 0 N–H and O–H groups in total. The average Bonchev–Trinajstić information content (AvgIpc) is 0.918. The third-order valence-corrected chi connectivity index (χ3v) is 0. The fourth-order valence-corrected chi connectivity index (χ4v) is 0. The van der Waals surface area contributed by atoms with Crippen molar-refractivity contribution in [3.05, 3.63) is 0 Å². The van der Waals surface area contributed by atoms with E-state index in [-0.39, 0.29) is 17.4 Å². The molecule has 0 fully saturated rings. The fraction of sp³-hybridized carbons (Fsp3) is 0. The Hall–Kier alpha value is 1.63. The molecule has 0 radical (unpaired) electrons. The van der Waals surface area contributed by atoms with Crippen molar-refractivity contribution in [2.75, 3.05) is 0 Å². The molecule has 0 heterocycles. The molecule has 0 rings (SSSR count). The molecule has 0 aliphatic carbocycles. The molecule has 0 aromatic rings.